The average Bonchev–Trinajstić information content (AvgIpc) is 2.02. The van der Waals surface area contributed by atoms with Crippen molar-refractivity contribution in [3.05, 3.63) is 40.4 Å². The summed E-state index contributed by atoms with van der Waals surface area (Å²) in [5, 5.41) is 0.774. The van der Waals surface area contributed by atoms with E-state index < -0.39 is 0 Å². The number of aryl methyl sites for hydroxylation is 1. The van der Waals surface area contributed by atoms with Crippen molar-refractivity contribution in [2.75, 3.05) is 0 Å². The number of benzene rings is 1. The molecule has 0 radical (unpaired) electrons. The Morgan fingerprint density at radius 2 is 2.15 bits per heavy atom. The van der Waals surface area contributed by atoms with Gasteiger partial charge in [0.2, 0.25) is 0 Å². The fourth-order valence-corrected chi connectivity index (χ4v) is 1.31. The Balaban J connectivity index is 2.90. The minimum atomic E-state index is 0.0927. The molecule has 0 aromatic heterocycles. The molecule has 0 saturated carbocycles. The van der Waals surface area contributed by atoms with E-state index in [0.717, 1.165) is 5.02 Å². The minimum Gasteiger partial charge on any atom is -0.325 e. The lowest BCUT2D eigenvalue weighted by Crippen LogP contribution is -2.09. The molecule has 1 nitrogen and oxygen atoms in total. The Kier molecular flexibility index (Phi) is 3.52. The first-order valence-corrected chi connectivity index (χ1v) is 4.67. The van der Waals surface area contributed by atoms with Crippen molar-refractivity contribution in [3.8, 4) is 0 Å². The molecule has 70 valence electrons. The fraction of sp³-hybridized carbons (Fsp3) is 0.273. The van der Waals surface area contributed by atoms with Crippen LogP contribution in [0.1, 0.15) is 18.1 Å². The molecule has 0 spiro atoms. The summed E-state index contributed by atoms with van der Waals surface area (Å²) < 4.78 is 0. The molecule has 2 N–H and O–H groups in total. The molecule has 0 fully saturated rings. The van der Waals surface area contributed by atoms with E-state index in [9.17, 15) is 0 Å². The van der Waals surface area contributed by atoms with Crippen molar-refractivity contribution >= 4 is 17.7 Å². The van der Waals surface area contributed by atoms with Crippen molar-refractivity contribution in [2.24, 2.45) is 5.73 Å². The molecule has 0 heterocycles. The van der Waals surface area contributed by atoms with Gasteiger partial charge in [-0.2, -0.15) is 0 Å². The molecular formula is C11H14ClN. The number of halogens is 1. The first-order valence-electron chi connectivity index (χ1n) is 4.29. The highest BCUT2D eigenvalue weighted by atomic mass is 35.5. The smallest absolute Gasteiger partial charge is 0.0409 e. The van der Waals surface area contributed by atoms with Crippen molar-refractivity contribution in [3.63, 3.8) is 0 Å². The van der Waals surface area contributed by atoms with Crippen LogP contribution in [0.15, 0.2) is 24.3 Å². The number of nitrogens with two attached hydrogens (primary N) is 1. The van der Waals surface area contributed by atoms with Gasteiger partial charge in [0.05, 0.1) is 0 Å². The molecule has 13 heavy (non-hydrogen) atoms. The van der Waals surface area contributed by atoms with E-state index >= 15 is 0 Å². The maximum Gasteiger partial charge on any atom is 0.0409 e. The maximum absolute atomic E-state index is 5.83. The van der Waals surface area contributed by atoms with Crippen LogP contribution >= 0.6 is 11.6 Å². The highest BCUT2D eigenvalue weighted by Crippen LogP contribution is 2.16. The molecule has 1 rings (SSSR count). The zero-order valence-electron chi connectivity index (χ0n) is 7.92. The molecule has 0 saturated heterocycles. The summed E-state index contributed by atoms with van der Waals surface area (Å²) in [5.41, 5.74) is 7.95. The second kappa shape index (κ2) is 4.45. The quantitative estimate of drug-likeness (QED) is 0.772. The molecule has 0 bridgehead atoms. The highest BCUT2D eigenvalue weighted by molar-refractivity contribution is 6.30. The molecule has 0 aliphatic carbocycles. The van der Waals surface area contributed by atoms with Crippen LogP contribution in [-0.4, -0.2) is 6.04 Å². The molecule has 1 aromatic rings. The zero-order chi connectivity index (χ0) is 9.84. The van der Waals surface area contributed by atoms with Crippen molar-refractivity contribution in [1.29, 1.82) is 0 Å². The highest BCUT2D eigenvalue weighted by Gasteiger charge is 1.95. The van der Waals surface area contributed by atoms with Gasteiger partial charge in [0.25, 0.3) is 0 Å². The second-order valence-electron chi connectivity index (χ2n) is 3.22. The first-order chi connectivity index (χ1) is 6.09. The van der Waals surface area contributed by atoms with E-state index in [-0.39, 0.29) is 6.04 Å². The predicted octanol–water partition coefficient (Wildman–Crippen LogP) is 3.01. The van der Waals surface area contributed by atoms with Gasteiger partial charge < -0.3 is 5.73 Å². The summed E-state index contributed by atoms with van der Waals surface area (Å²) in [7, 11) is 0. The first kappa shape index (κ1) is 10.3. The van der Waals surface area contributed by atoms with Gasteiger partial charge in [0.1, 0.15) is 0 Å². The van der Waals surface area contributed by atoms with E-state index in [1.165, 1.54) is 11.1 Å². The van der Waals surface area contributed by atoms with E-state index in [1.807, 2.05) is 44.2 Å². The Morgan fingerprint density at radius 1 is 1.46 bits per heavy atom. The van der Waals surface area contributed by atoms with Gasteiger partial charge in [0, 0.05) is 11.1 Å². The summed E-state index contributed by atoms with van der Waals surface area (Å²) >= 11 is 5.83. The molecule has 1 aromatic carbocycles. The lowest BCUT2D eigenvalue weighted by atomic mass is 10.1. The van der Waals surface area contributed by atoms with Gasteiger partial charge in [-0.15, -0.1) is 0 Å². The molecule has 0 amide bonds. The number of hydrogen-bond donors (Lipinski definition) is 1. The Morgan fingerprint density at radius 3 is 2.69 bits per heavy atom. The van der Waals surface area contributed by atoms with Crippen molar-refractivity contribution in [2.45, 2.75) is 19.9 Å². The van der Waals surface area contributed by atoms with Gasteiger partial charge in [-0.25, -0.2) is 0 Å². The number of hydrogen-bond acceptors (Lipinski definition) is 1. The minimum absolute atomic E-state index is 0.0927. The molecular weight excluding hydrogens is 182 g/mol. The van der Waals surface area contributed by atoms with Crippen LogP contribution in [0.25, 0.3) is 6.08 Å². The molecule has 0 aliphatic heterocycles. The molecule has 1 atom stereocenters. The standard InChI is InChI=1S/C11H14ClN/c1-8-7-11(12)6-5-10(8)4-3-9(2)13/h3-7,9H,13H2,1-2H3/b4-3+. The van der Waals surface area contributed by atoms with Crippen LogP contribution in [0.2, 0.25) is 5.02 Å². The topological polar surface area (TPSA) is 26.0 Å². The van der Waals surface area contributed by atoms with Gasteiger partial charge in [-0.3, -0.25) is 0 Å². The maximum atomic E-state index is 5.83. The summed E-state index contributed by atoms with van der Waals surface area (Å²) in [6.45, 7) is 3.98. The molecule has 0 aliphatic rings. The van der Waals surface area contributed by atoms with Crippen LogP contribution in [0, 0.1) is 6.92 Å². The van der Waals surface area contributed by atoms with Crippen LogP contribution in [-0.2, 0) is 0 Å². The third-order valence-corrected chi connectivity index (χ3v) is 2.05. The van der Waals surface area contributed by atoms with Crippen LogP contribution < -0.4 is 5.73 Å². The Hall–Kier alpha value is -0.790. The van der Waals surface area contributed by atoms with Crippen LogP contribution in [0.3, 0.4) is 0 Å². The third kappa shape index (κ3) is 3.21. The Labute approximate surface area is 84.2 Å². The van der Waals surface area contributed by atoms with Gasteiger partial charge >= 0.3 is 0 Å². The van der Waals surface area contributed by atoms with Crippen LogP contribution in [0.4, 0.5) is 0 Å². The van der Waals surface area contributed by atoms with Crippen LogP contribution in [0.5, 0.6) is 0 Å². The summed E-state index contributed by atoms with van der Waals surface area (Å²) in [6.07, 6.45) is 3.99. The van der Waals surface area contributed by atoms with E-state index in [1.54, 1.807) is 0 Å². The van der Waals surface area contributed by atoms with Gasteiger partial charge in [-0.05, 0) is 37.1 Å². The van der Waals surface area contributed by atoms with E-state index in [0.29, 0.717) is 0 Å². The molecule has 2 heteroatoms. The molecule has 1 unspecified atom stereocenters. The summed E-state index contributed by atoms with van der Waals surface area (Å²) in [5.74, 6) is 0. The lowest BCUT2D eigenvalue weighted by molar-refractivity contribution is 0.930. The average molecular weight is 196 g/mol. The predicted molar refractivity (Wildman–Crippen MR) is 58.9 cm³/mol. The van der Waals surface area contributed by atoms with E-state index in [2.05, 4.69) is 0 Å². The normalized spacial score (nSPS) is 13.5. The third-order valence-electron chi connectivity index (χ3n) is 1.81. The van der Waals surface area contributed by atoms with Gasteiger partial charge in [-0.1, -0.05) is 29.8 Å². The monoisotopic (exact) mass is 195 g/mol. The lowest BCUT2D eigenvalue weighted by Gasteiger charge is -2.01. The summed E-state index contributed by atoms with van der Waals surface area (Å²) in [6, 6.07) is 5.92. The summed E-state index contributed by atoms with van der Waals surface area (Å²) in [4.78, 5) is 0. The fourth-order valence-electron chi connectivity index (χ4n) is 1.08. The van der Waals surface area contributed by atoms with Crippen molar-refractivity contribution in [1.82, 2.24) is 0 Å². The van der Waals surface area contributed by atoms with E-state index in [4.69, 9.17) is 17.3 Å². The largest absolute Gasteiger partial charge is 0.325 e. The second-order valence-corrected chi connectivity index (χ2v) is 3.66. The number of rotatable bonds is 2. The SMILES string of the molecule is Cc1cc(Cl)ccc1/C=C/C(C)N. The van der Waals surface area contributed by atoms with Gasteiger partial charge in [0.15, 0.2) is 0 Å². The Bertz CT molecular complexity index is 316. The van der Waals surface area contributed by atoms with Crippen molar-refractivity contribution < 1.29 is 0 Å². The zero-order valence-corrected chi connectivity index (χ0v) is 8.68.